The van der Waals surface area contributed by atoms with Crippen LogP contribution in [-0.4, -0.2) is 60.3 Å². The molecule has 216 valence electrons. The summed E-state index contributed by atoms with van der Waals surface area (Å²) in [5, 5.41) is 4.02. The highest BCUT2D eigenvalue weighted by Gasteiger charge is 2.21. The number of amides is 1. The van der Waals surface area contributed by atoms with Crippen molar-refractivity contribution in [1.29, 1.82) is 0 Å². The van der Waals surface area contributed by atoms with Crippen molar-refractivity contribution in [2.45, 2.75) is 25.8 Å². The van der Waals surface area contributed by atoms with E-state index in [9.17, 15) is 18.0 Å². The molecule has 1 amide bonds. The highest BCUT2D eigenvalue weighted by molar-refractivity contribution is 7.90. The molecule has 0 spiro atoms. The lowest BCUT2D eigenvalue weighted by Crippen LogP contribution is -2.28. The molecule has 4 rings (SSSR count). The molecule has 1 aliphatic rings. The van der Waals surface area contributed by atoms with Gasteiger partial charge in [-0.05, 0) is 54.6 Å². The molecule has 13 heteroatoms. The molecule has 3 N–H and O–H groups in total. The van der Waals surface area contributed by atoms with Crippen LogP contribution in [0.5, 0.6) is 5.75 Å². The van der Waals surface area contributed by atoms with Crippen molar-refractivity contribution in [2.75, 3.05) is 45.6 Å². The maximum Gasteiger partial charge on any atom is 0.414 e. The van der Waals surface area contributed by atoms with Crippen molar-refractivity contribution in [3.63, 3.8) is 0 Å². The molecule has 2 aromatic carbocycles. The van der Waals surface area contributed by atoms with Crippen LogP contribution in [-0.2, 0) is 27.9 Å². The fourth-order valence-electron chi connectivity index (χ4n) is 4.45. The van der Waals surface area contributed by atoms with Gasteiger partial charge in [-0.3, -0.25) is 4.72 Å². The number of carbonyl (C=O) groups excluding carboxylic acids is 1. The van der Waals surface area contributed by atoms with E-state index in [0.717, 1.165) is 12.8 Å². The van der Waals surface area contributed by atoms with Crippen LogP contribution in [0.1, 0.15) is 29.5 Å². The quantitative estimate of drug-likeness (QED) is 0.313. The van der Waals surface area contributed by atoms with E-state index in [1.807, 2.05) is 0 Å². The fraction of sp³-hybridized carbons (Fsp3) is 0.407. The van der Waals surface area contributed by atoms with E-state index in [-0.39, 0.29) is 34.6 Å². The number of nitrogens with zero attached hydrogens (tertiary/aromatic N) is 1. The summed E-state index contributed by atoms with van der Waals surface area (Å²) in [5.41, 5.74) is 0.263. The van der Waals surface area contributed by atoms with Gasteiger partial charge in [0.05, 0.1) is 5.69 Å². The van der Waals surface area contributed by atoms with E-state index in [2.05, 4.69) is 14.8 Å². The second-order valence-corrected chi connectivity index (χ2v) is 11.3. The van der Waals surface area contributed by atoms with Crippen molar-refractivity contribution in [3.05, 3.63) is 69.3 Å². The van der Waals surface area contributed by atoms with Gasteiger partial charge in [0.15, 0.2) is 5.82 Å². The van der Waals surface area contributed by atoms with Crippen molar-refractivity contribution in [2.24, 2.45) is 5.92 Å². The maximum atomic E-state index is 15.4. The molecule has 1 aliphatic heterocycles. The zero-order chi connectivity index (χ0) is 28.9. The minimum absolute atomic E-state index is 0.116. The Balaban J connectivity index is 1.71. The second-order valence-electron chi connectivity index (χ2n) is 9.72. The van der Waals surface area contributed by atoms with Crippen LogP contribution in [0.2, 0.25) is 0 Å². The van der Waals surface area contributed by atoms with E-state index in [4.69, 9.17) is 13.9 Å². The lowest BCUT2D eigenvalue weighted by atomic mass is 9.97. The van der Waals surface area contributed by atoms with Crippen LogP contribution in [0, 0.1) is 11.7 Å². The van der Waals surface area contributed by atoms with Gasteiger partial charge in [0, 0.05) is 64.3 Å². The van der Waals surface area contributed by atoms with Crippen LogP contribution in [0.25, 0.3) is 11.0 Å². The summed E-state index contributed by atoms with van der Waals surface area (Å²) in [6, 6.07) is 9.05. The Morgan fingerprint density at radius 3 is 2.60 bits per heavy atom. The molecule has 0 bridgehead atoms. The first-order valence-corrected chi connectivity index (χ1v) is 14.3. The molecule has 0 saturated carbocycles. The number of carbonyl (C=O) groups is 1. The average molecular weight is 577 g/mol. The zero-order valence-corrected chi connectivity index (χ0v) is 23.4. The van der Waals surface area contributed by atoms with Gasteiger partial charge in [0.1, 0.15) is 11.3 Å². The lowest BCUT2D eigenvalue weighted by Gasteiger charge is -2.22. The van der Waals surface area contributed by atoms with Crippen LogP contribution >= 0.6 is 0 Å². The highest BCUT2D eigenvalue weighted by atomic mass is 32.2. The summed E-state index contributed by atoms with van der Waals surface area (Å²) in [4.78, 5) is 26.5. The molecule has 0 atom stereocenters. The molecule has 11 nitrogen and oxygen atoms in total. The third-order valence-electron chi connectivity index (χ3n) is 6.70. The van der Waals surface area contributed by atoms with Crippen LogP contribution in [0.15, 0.2) is 45.6 Å². The number of benzene rings is 2. The van der Waals surface area contributed by atoms with E-state index in [1.165, 1.54) is 36.2 Å². The van der Waals surface area contributed by atoms with E-state index in [1.54, 1.807) is 26.2 Å². The van der Waals surface area contributed by atoms with Gasteiger partial charge >= 0.3 is 11.7 Å². The minimum Gasteiger partial charge on any atom is -0.422 e. The molecular weight excluding hydrogens is 543 g/mol. The van der Waals surface area contributed by atoms with E-state index < -0.39 is 27.7 Å². The van der Waals surface area contributed by atoms with Gasteiger partial charge in [-0.25, -0.2) is 18.7 Å². The molecular formula is C27H33FN4O7S. The standard InChI is InChI=1S/C27H33FN4O7S/c1-29-40(35,36)31-23-6-4-5-18(25(23)28)13-21-22(16-30-15-17-9-11-37-12-10-17)20-8-7-19(38-27(34)32(2)3)14-24(20)39-26(21)33/h4-8,14,17,29-31H,9-13,15-16H2,1-3H3. The number of nitrogens with one attached hydrogen (secondary N) is 3. The number of rotatable bonds is 10. The summed E-state index contributed by atoms with van der Waals surface area (Å²) in [6.07, 6.45) is 1.14. The first kappa shape index (κ1) is 29.5. The Kier molecular flexibility index (Phi) is 9.40. The maximum absolute atomic E-state index is 15.4. The van der Waals surface area contributed by atoms with Gasteiger partial charge in [0.2, 0.25) is 0 Å². The smallest absolute Gasteiger partial charge is 0.414 e. The van der Waals surface area contributed by atoms with Crippen molar-refractivity contribution >= 4 is 33.0 Å². The van der Waals surface area contributed by atoms with Crippen LogP contribution in [0.3, 0.4) is 0 Å². The molecule has 0 unspecified atom stereocenters. The molecule has 40 heavy (non-hydrogen) atoms. The SMILES string of the molecule is CNS(=O)(=O)Nc1cccc(Cc2c(CNCC3CCOCC3)c3ccc(OC(=O)N(C)C)cc3oc2=O)c1F. The second kappa shape index (κ2) is 12.8. The number of hydrogen-bond donors (Lipinski definition) is 3. The number of hydrogen-bond acceptors (Lipinski definition) is 8. The van der Waals surface area contributed by atoms with Crippen LogP contribution < -0.4 is 25.1 Å². The number of anilines is 1. The third kappa shape index (κ3) is 7.16. The van der Waals surface area contributed by atoms with Crippen LogP contribution in [0.4, 0.5) is 14.9 Å². The molecule has 1 aromatic heterocycles. The summed E-state index contributed by atoms with van der Waals surface area (Å²) < 4.78 is 59.8. The lowest BCUT2D eigenvalue weighted by molar-refractivity contribution is 0.0662. The van der Waals surface area contributed by atoms with Gasteiger partial charge in [-0.15, -0.1) is 0 Å². The fourth-order valence-corrected chi connectivity index (χ4v) is 5.00. The van der Waals surface area contributed by atoms with Crippen molar-refractivity contribution < 1.29 is 31.5 Å². The zero-order valence-electron chi connectivity index (χ0n) is 22.6. The minimum atomic E-state index is -3.95. The first-order valence-electron chi connectivity index (χ1n) is 12.8. The summed E-state index contributed by atoms with van der Waals surface area (Å²) in [6.45, 7) is 2.42. The first-order chi connectivity index (χ1) is 19.1. The number of fused-ring (bicyclic) bond motifs is 1. The Bertz CT molecular complexity index is 1540. The number of halogens is 1. The highest BCUT2D eigenvalue weighted by Crippen LogP contribution is 2.28. The average Bonchev–Trinajstić information content (AvgIpc) is 2.92. The van der Waals surface area contributed by atoms with Gasteiger partial charge in [-0.2, -0.15) is 8.42 Å². The summed E-state index contributed by atoms with van der Waals surface area (Å²) in [7, 11) is 0.359. The number of ether oxygens (including phenoxy) is 2. The predicted molar refractivity (Wildman–Crippen MR) is 148 cm³/mol. The molecule has 3 aromatic rings. The third-order valence-corrected chi connectivity index (χ3v) is 7.72. The molecule has 0 radical (unpaired) electrons. The predicted octanol–water partition coefficient (Wildman–Crippen LogP) is 2.98. The molecule has 2 heterocycles. The summed E-state index contributed by atoms with van der Waals surface area (Å²) >= 11 is 0. The van der Waals surface area contributed by atoms with E-state index in [0.29, 0.717) is 43.2 Å². The Labute approximate surface area is 231 Å². The normalized spacial score (nSPS) is 14.3. The molecule has 1 fully saturated rings. The summed E-state index contributed by atoms with van der Waals surface area (Å²) in [5.74, 6) is -0.165. The van der Waals surface area contributed by atoms with Crippen molar-refractivity contribution in [1.82, 2.24) is 14.9 Å². The van der Waals surface area contributed by atoms with Gasteiger partial charge < -0.3 is 24.1 Å². The van der Waals surface area contributed by atoms with Crippen molar-refractivity contribution in [3.8, 4) is 5.75 Å². The van der Waals surface area contributed by atoms with Gasteiger partial charge in [-0.1, -0.05) is 12.1 Å². The largest absolute Gasteiger partial charge is 0.422 e. The molecule has 0 aliphatic carbocycles. The van der Waals surface area contributed by atoms with Gasteiger partial charge in [0.25, 0.3) is 10.2 Å². The Morgan fingerprint density at radius 2 is 1.90 bits per heavy atom. The monoisotopic (exact) mass is 576 g/mol. The topological polar surface area (TPSA) is 139 Å². The molecule has 1 saturated heterocycles. The Morgan fingerprint density at radius 1 is 1.15 bits per heavy atom. The Hall–Kier alpha value is -3.52. The van der Waals surface area contributed by atoms with E-state index >= 15 is 4.39 Å².